The second-order valence-corrected chi connectivity index (χ2v) is 35.9. The predicted molar refractivity (Wildman–Crippen MR) is 248 cm³/mol. The van der Waals surface area contributed by atoms with Crippen molar-refractivity contribution in [1.82, 2.24) is 0 Å². The van der Waals surface area contributed by atoms with Gasteiger partial charge in [-0.2, -0.15) is 0 Å². The number of hydrogen-bond acceptors (Lipinski definition) is 0. The molecule has 2 aromatic carbocycles. The van der Waals surface area contributed by atoms with Crippen molar-refractivity contribution < 1.29 is 19.5 Å². The van der Waals surface area contributed by atoms with Gasteiger partial charge in [0.1, 0.15) is 0 Å². The summed E-state index contributed by atoms with van der Waals surface area (Å²) in [6.45, 7) is 0. The Balaban J connectivity index is 0.00000441. The van der Waals surface area contributed by atoms with Gasteiger partial charge >= 0.3 is 349 Å². The van der Waals surface area contributed by atoms with Gasteiger partial charge in [0.2, 0.25) is 0 Å². The quantitative estimate of drug-likeness (QED) is 0.174. The Morgan fingerprint density at radius 1 is 0.375 bits per heavy atom. The molecule has 2 aromatic rings. The summed E-state index contributed by atoms with van der Waals surface area (Å²) >= 11 is 20.9. The standard InChI is InChI=1S/C51H76Cl2P2.Ru/c52-54(42-26-10-2-11-27-42,43-28-12-3-13-29-43,44-30-14-4-15-31-44)51(40-49(41-24-8-1-9-25-41)48-38-22-23-39-50(48)51)55(53,45-32-16-5-17-33-45,46-34-18-6-19-35-46)47-36-20-7-21-37-47;/h1,8-9,22-25,38-40,42-47H,2-7,10-21,26-37H2;. The van der Waals surface area contributed by atoms with Crippen molar-refractivity contribution >= 4 is 40.0 Å². The van der Waals surface area contributed by atoms with Crippen molar-refractivity contribution in [3.05, 3.63) is 77.4 Å². The van der Waals surface area contributed by atoms with Gasteiger partial charge in [0.05, 0.1) is 0 Å². The van der Waals surface area contributed by atoms with Gasteiger partial charge in [-0.3, -0.25) is 0 Å². The third kappa shape index (κ3) is 6.14. The van der Waals surface area contributed by atoms with Crippen LogP contribution in [-0.4, -0.2) is 34.0 Å². The summed E-state index contributed by atoms with van der Waals surface area (Å²) in [5.41, 5.74) is 10.1. The van der Waals surface area contributed by atoms with Gasteiger partial charge in [0.15, 0.2) is 0 Å². The van der Waals surface area contributed by atoms with E-state index in [-0.39, 0.29) is 24.4 Å². The molecule has 0 spiro atoms. The van der Waals surface area contributed by atoms with Gasteiger partial charge in [0, 0.05) is 19.5 Å². The number of halogens is 2. The fourth-order valence-electron chi connectivity index (χ4n) is 16.6. The third-order valence-corrected chi connectivity index (χ3v) is 44.0. The summed E-state index contributed by atoms with van der Waals surface area (Å²) in [4.78, 5) is -0.222. The molecular formula is C51H76Cl2P2Ru. The fourth-order valence-corrected chi connectivity index (χ4v) is 48.4. The maximum absolute atomic E-state index is 10.4. The molecule has 5 heteroatoms. The van der Waals surface area contributed by atoms with E-state index < -0.39 is 11.9 Å². The molecule has 0 nitrogen and oxygen atoms in total. The molecule has 0 amide bonds. The molecule has 6 saturated carbocycles. The van der Waals surface area contributed by atoms with Gasteiger partial charge in [0.25, 0.3) is 0 Å². The molecule has 7 aliphatic rings. The molecule has 0 heterocycles. The minimum absolute atomic E-state index is 0. The minimum atomic E-state index is -3.45. The van der Waals surface area contributed by atoms with E-state index in [1.807, 2.05) is 0 Å². The van der Waals surface area contributed by atoms with Crippen LogP contribution in [0, 0.1) is 0 Å². The molecule has 0 atom stereocenters. The molecule has 9 rings (SSSR count). The second-order valence-electron chi connectivity index (χ2n) is 20.4. The van der Waals surface area contributed by atoms with Crippen molar-refractivity contribution in [3.63, 3.8) is 0 Å². The fraction of sp³-hybridized carbons (Fsp3) is 0.725. The summed E-state index contributed by atoms with van der Waals surface area (Å²) in [6.07, 6.45) is 44.6. The van der Waals surface area contributed by atoms with E-state index in [0.717, 1.165) is 0 Å². The zero-order valence-corrected chi connectivity index (χ0v) is 40.0. The van der Waals surface area contributed by atoms with Gasteiger partial charge in [-0.1, -0.05) is 0 Å². The Bertz CT molecular complexity index is 1470. The molecule has 0 N–H and O–H groups in total. The zero-order valence-electron chi connectivity index (χ0n) is 35.0. The minimum Gasteiger partial charge on any atom is 0 e. The predicted octanol–water partition coefficient (Wildman–Crippen LogP) is 17.7. The first-order valence-corrected chi connectivity index (χ1v) is 31.0. The largest absolute Gasteiger partial charge is 0 e. The summed E-state index contributed by atoms with van der Waals surface area (Å²) in [7, 11) is 0. The summed E-state index contributed by atoms with van der Waals surface area (Å²) in [5.74, 6) is -6.89. The van der Waals surface area contributed by atoms with Gasteiger partial charge in [-0.15, -0.1) is 0 Å². The molecule has 0 bridgehead atoms. The summed E-state index contributed by atoms with van der Waals surface area (Å²) < 4.78 is 0. The van der Waals surface area contributed by atoms with E-state index in [1.165, 1.54) is 204 Å². The molecule has 0 aliphatic heterocycles. The monoisotopic (exact) mass is 922 g/mol. The zero-order chi connectivity index (χ0) is 37.5. The molecule has 0 unspecified atom stereocenters. The number of allylic oxidation sites excluding steroid dienone is 1. The first kappa shape index (κ1) is 42.9. The molecule has 0 radical (unpaired) electrons. The molecule has 312 valence electrons. The Morgan fingerprint density at radius 2 is 0.661 bits per heavy atom. The Kier molecular flexibility index (Phi) is 13.4. The van der Waals surface area contributed by atoms with E-state index in [9.17, 15) is 22.5 Å². The van der Waals surface area contributed by atoms with Gasteiger partial charge in [-0.25, -0.2) is 0 Å². The van der Waals surface area contributed by atoms with Crippen LogP contribution in [-0.2, 0) is 24.4 Å². The van der Waals surface area contributed by atoms with Crippen LogP contribution in [0.4, 0.5) is 0 Å². The van der Waals surface area contributed by atoms with Crippen molar-refractivity contribution in [2.45, 2.75) is 231 Å². The van der Waals surface area contributed by atoms with Gasteiger partial charge in [-0.05, 0) is 0 Å². The second kappa shape index (κ2) is 17.5. The Hall–Kier alpha value is 0.243. The van der Waals surface area contributed by atoms with E-state index in [1.54, 1.807) is 11.1 Å². The number of rotatable bonds is 9. The first-order valence-electron chi connectivity index (χ1n) is 24.3. The van der Waals surface area contributed by atoms with Gasteiger partial charge < -0.3 is 0 Å². The molecule has 0 saturated heterocycles. The topological polar surface area (TPSA) is 0 Å². The van der Waals surface area contributed by atoms with Crippen LogP contribution in [0.15, 0.2) is 60.7 Å². The van der Waals surface area contributed by atoms with Crippen LogP contribution in [0.5, 0.6) is 0 Å². The number of benzene rings is 2. The van der Waals surface area contributed by atoms with Crippen LogP contribution in [0.3, 0.4) is 0 Å². The summed E-state index contributed by atoms with van der Waals surface area (Å²) in [5, 5.41) is 0. The molecule has 56 heavy (non-hydrogen) atoms. The van der Waals surface area contributed by atoms with Crippen LogP contribution in [0.1, 0.15) is 209 Å². The Morgan fingerprint density at radius 3 is 0.982 bits per heavy atom. The summed E-state index contributed by atoms with van der Waals surface area (Å²) in [6, 6.07) is 22.0. The third-order valence-electron chi connectivity index (χ3n) is 18.4. The average molecular weight is 923 g/mol. The van der Waals surface area contributed by atoms with Crippen LogP contribution >= 0.6 is 34.4 Å². The smallest absolute Gasteiger partial charge is 0 e. The van der Waals surface area contributed by atoms with Crippen LogP contribution < -0.4 is 0 Å². The Labute approximate surface area is 365 Å². The van der Waals surface area contributed by atoms with Crippen molar-refractivity contribution in [2.75, 3.05) is 0 Å². The SMILES string of the molecule is ClP(C1CCCCC1)(C1CCCCC1)(C1CCCCC1)C1(P(Cl)(C2CCCCC2)(C2CCCCC2)C2CCCCC2)C=C(c2ccccc2)c2ccccc21.[Ru]. The van der Waals surface area contributed by atoms with E-state index >= 15 is 0 Å². The number of hydrogen-bond donors (Lipinski definition) is 0. The molecule has 7 aliphatic carbocycles. The van der Waals surface area contributed by atoms with E-state index in [4.69, 9.17) is 0 Å². The molecule has 0 aromatic heterocycles. The average Bonchev–Trinajstić information content (AvgIpc) is 3.66. The van der Waals surface area contributed by atoms with Crippen molar-refractivity contribution in [2.24, 2.45) is 0 Å². The van der Waals surface area contributed by atoms with Crippen LogP contribution in [0.2, 0.25) is 0 Å². The van der Waals surface area contributed by atoms with Crippen LogP contribution in [0.25, 0.3) is 5.57 Å². The van der Waals surface area contributed by atoms with Crippen molar-refractivity contribution in [3.8, 4) is 0 Å². The number of fused-ring (bicyclic) bond motifs is 1. The molecule has 6 fully saturated rings. The molecular weight excluding hydrogens is 846 g/mol. The maximum atomic E-state index is 10.4. The first-order chi connectivity index (χ1) is 27.0. The van der Waals surface area contributed by atoms with E-state index in [0.29, 0.717) is 34.0 Å². The van der Waals surface area contributed by atoms with Crippen molar-refractivity contribution in [1.29, 1.82) is 0 Å². The normalized spacial score (nSPS) is 28.9. The maximum Gasteiger partial charge on any atom is 0 e. The van der Waals surface area contributed by atoms with E-state index in [2.05, 4.69) is 60.7 Å².